The molecular formula is C28H27N3O5. The van der Waals surface area contributed by atoms with Crippen LogP contribution in [0.1, 0.15) is 6.92 Å². The molecule has 0 amide bonds. The zero-order chi connectivity index (χ0) is 25.3. The Hall–Kier alpha value is -4.59. The lowest BCUT2D eigenvalue weighted by Crippen LogP contribution is -2.04. The molecule has 36 heavy (non-hydrogen) atoms. The maximum Gasteiger partial charge on any atom is 0.167 e. The van der Waals surface area contributed by atoms with Crippen LogP contribution < -0.4 is 14.2 Å². The van der Waals surface area contributed by atoms with Gasteiger partial charge in [0, 0.05) is 6.07 Å². The van der Waals surface area contributed by atoms with Crippen LogP contribution in [0.5, 0.6) is 23.0 Å². The van der Waals surface area contributed by atoms with Gasteiger partial charge in [0.05, 0.1) is 37.2 Å². The first-order valence-corrected chi connectivity index (χ1v) is 11.4. The molecule has 0 unspecified atom stereocenters. The summed E-state index contributed by atoms with van der Waals surface area (Å²) in [5.41, 5.74) is 1.82. The fourth-order valence-corrected chi connectivity index (χ4v) is 3.56. The molecule has 0 aliphatic heterocycles. The molecule has 4 aromatic rings. The third-order valence-electron chi connectivity index (χ3n) is 5.24. The Balaban J connectivity index is 1.77. The maximum absolute atomic E-state index is 10.8. The number of phenolic OH excluding ortho intramolecular Hbond substituents is 1. The van der Waals surface area contributed by atoms with Gasteiger partial charge in [0.1, 0.15) is 36.2 Å². The minimum atomic E-state index is -0.0231. The Morgan fingerprint density at radius 2 is 1.28 bits per heavy atom. The van der Waals surface area contributed by atoms with Gasteiger partial charge in [0.25, 0.3) is 0 Å². The largest absolute Gasteiger partial charge is 0.507 e. The second kappa shape index (κ2) is 11.7. The second-order valence-electron chi connectivity index (χ2n) is 7.57. The fraction of sp³-hybridized carbons (Fsp3) is 0.179. The molecular weight excluding hydrogens is 458 g/mol. The van der Waals surface area contributed by atoms with Crippen LogP contribution in [0.2, 0.25) is 0 Å². The van der Waals surface area contributed by atoms with Gasteiger partial charge in [-0.05, 0) is 43.3 Å². The fourth-order valence-electron chi connectivity index (χ4n) is 3.56. The predicted molar refractivity (Wildman–Crippen MR) is 137 cm³/mol. The van der Waals surface area contributed by atoms with Crippen LogP contribution in [-0.2, 0) is 4.74 Å². The SMILES string of the molecule is CC=COCCOc1ccc(-c2nc(-c3ccccc3OC)nc(-c3ccccc3OC)n2)c(O)c1. The number of hydrogen-bond acceptors (Lipinski definition) is 8. The Bertz CT molecular complexity index is 1290. The van der Waals surface area contributed by atoms with Gasteiger partial charge in [0.15, 0.2) is 17.5 Å². The van der Waals surface area contributed by atoms with E-state index in [4.69, 9.17) is 23.9 Å². The molecule has 0 atom stereocenters. The molecule has 0 aliphatic carbocycles. The molecule has 184 valence electrons. The zero-order valence-corrected chi connectivity index (χ0v) is 20.3. The molecule has 1 N–H and O–H groups in total. The molecule has 0 radical (unpaired) electrons. The molecule has 0 saturated heterocycles. The van der Waals surface area contributed by atoms with E-state index in [2.05, 4.69) is 9.97 Å². The Morgan fingerprint density at radius 3 is 1.81 bits per heavy atom. The number of aromatic nitrogens is 3. The van der Waals surface area contributed by atoms with Crippen molar-refractivity contribution in [1.82, 2.24) is 15.0 Å². The molecule has 1 aromatic heterocycles. The first kappa shape index (κ1) is 24.5. The summed E-state index contributed by atoms with van der Waals surface area (Å²) in [6.07, 6.45) is 3.40. The lowest BCUT2D eigenvalue weighted by atomic mass is 10.1. The van der Waals surface area contributed by atoms with Gasteiger partial charge in [0.2, 0.25) is 0 Å². The van der Waals surface area contributed by atoms with Crippen molar-refractivity contribution in [2.75, 3.05) is 27.4 Å². The number of nitrogens with zero attached hydrogens (tertiary/aromatic N) is 3. The van der Waals surface area contributed by atoms with Gasteiger partial charge in [-0.1, -0.05) is 30.3 Å². The molecule has 1 heterocycles. The zero-order valence-electron chi connectivity index (χ0n) is 20.3. The Labute approximate surface area is 209 Å². The van der Waals surface area contributed by atoms with Crippen molar-refractivity contribution in [3.05, 3.63) is 79.1 Å². The third kappa shape index (κ3) is 5.55. The number of ether oxygens (including phenoxy) is 4. The lowest BCUT2D eigenvalue weighted by molar-refractivity contribution is 0.178. The van der Waals surface area contributed by atoms with Gasteiger partial charge >= 0.3 is 0 Å². The minimum Gasteiger partial charge on any atom is -0.507 e. The highest BCUT2D eigenvalue weighted by Crippen LogP contribution is 2.36. The number of aromatic hydroxyl groups is 1. The molecule has 8 nitrogen and oxygen atoms in total. The lowest BCUT2D eigenvalue weighted by Gasteiger charge is -2.13. The first-order valence-electron chi connectivity index (χ1n) is 11.4. The summed E-state index contributed by atoms with van der Waals surface area (Å²) in [5.74, 6) is 2.82. The molecule has 0 fully saturated rings. The van der Waals surface area contributed by atoms with Gasteiger partial charge in [-0.2, -0.15) is 0 Å². The summed E-state index contributed by atoms with van der Waals surface area (Å²) in [7, 11) is 3.19. The predicted octanol–water partition coefficient (Wildman–Crippen LogP) is 5.52. The number of para-hydroxylation sites is 2. The molecule has 3 aromatic carbocycles. The normalized spacial score (nSPS) is 10.9. The number of phenols is 1. The average Bonchev–Trinajstić information content (AvgIpc) is 2.92. The number of methoxy groups -OCH3 is 2. The molecule has 0 spiro atoms. The average molecular weight is 486 g/mol. The van der Waals surface area contributed by atoms with Gasteiger partial charge in [-0.25, -0.2) is 15.0 Å². The molecule has 0 saturated carbocycles. The molecule has 4 rings (SSSR count). The molecule has 8 heteroatoms. The Kier molecular flexibility index (Phi) is 7.97. The van der Waals surface area contributed by atoms with E-state index < -0.39 is 0 Å². The van der Waals surface area contributed by atoms with Crippen molar-refractivity contribution < 1.29 is 24.1 Å². The first-order chi connectivity index (χ1) is 17.6. The van der Waals surface area contributed by atoms with E-state index in [-0.39, 0.29) is 5.75 Å². The number of benzene rings is 3. The summed E-state index contributed by atoms with van der Waals surface area (Å²) < 4.78 is 22.0. The highest BCUT2D eigenvalue weighted by Gasteiger charge is 2.18. The standard InChI is InChI=1S/C28H27N3O5/c1-4-15-35-16-17-36-19-13-14-20(23(32)18-19)26-29-27(21-9-5-7-11-24(21)33-2)31-28(30-26)22-10-6-8-12-25(22)34-3/h4-15,18,32H,16-17H2,1-3H3. The van der Waals surface area contributed by atoms with Crippen LogP contribution in [0.4, 0.5) is 0 Å². The topological polar surface area (TPSA) is 95.8 Å². The van der Waals surface area contributed by atoms with Crippen LogP contribution in [0.25, 0.3) is 34.2 Å². The van der Waals surface area contributed by atoms with Crippen molar-refractivity contribution in [1.29, 1.82) is 0 Å². The van der Waals surface area contributed by atoms with Crippen LogP contribution in [0.15, 0.2) is 79.1 Å². The van der Waals surface area contributed by atoms with Crippen molar-refractivity contribution in [2.45, 2.75) is 6.92 Å². The van der Waals surface area contributed by atoms with Crippen LogP contribution >= 0.6 is 0 Å². The van der Waals surface area contributed by atoms with E-state index in [1.54, 1.807) is 38.7 Å². The Morgan fingerprint density at radius 1 is 0.722 bits per heavy atom. The molecule has 0 bridgehead atoms. The van der Waals surface area contributed by atoms with Gasteiger partial charge < -0.3 is 24.1 Å². The minimum absolute atomic E-state index is 0.0231. The van der Waals surface area contributed by atoms with E-state index in [1.165, 1.54) is 6.07 Å². The maximum atomic E-state index is 10.8. The van der Waals surface area contributed by atoms with E-state index in [1.807, 2.05) is 55.5 Å². The van der Waals surface area contributed by atoms with Crippen LogP contribution in [-0.4, -0.2) is 47.5 Å². The summed E-state index contributed by atoms with van der Waals surface area (Å²) in [6.45, 7) is 2.60. The third-order valence-corrected chi connectivity index (χ3v) is 5.24. The van der Waals surface area contributed by atoms with E-state index in [0.29, 0.717) is 64.6 Å². The van der Waals surface area contributed by atoms with Gasteiger partial charge in [-0.3, -0.25) is 0 Å². The quantitative estimate of drug-likeness (QED) is 0.232. The monoisotopic (exact) mass is 485 g/mol. The second-order valence-corrected chi connectivity index (χ2v) is 7.57. The summed E-state index contributed by atoms with van der Waals surface area (Å²) in [4.78, 5) is 14.1. The number of allylic oxidation sites excluding steroid dienone is 1. The van der Waals surface area contributed by atoms with E-state index in [0.717, 1.165) is 0 Å². The van der Waals surface area contributed by atoms with Crippen LogP contribution in [0, 0.1) is 0 Å². The van der Waals surface area contributed by atoms with Crippen LogP contribution in [0.3, 0.4) is 0 Å². The van der Waals surface area contributed by atoms with Crippen molar-refractivity contribution >= 4 is 0 Å². The number of hydrogen-bond donors (Lipinski definition) is 1. The number of rotatable bonds is 10. The summed E-state index contributed by atoms with van der Waals surface area (Å²) >= 11 is 0. The van der Waals surface area contributed by atoms with E-state index >= 15 is 0 Å². The van der Waals surface area contributed by atoms with Crippen molar-refractivity contribution in [3.8, 4) is 57.2 Å². The highest BCUT2D eigenvalue weighted by atomic mass is 16.5. The van der Waals surface area contributed by atoms with Crippen molar-refractivity contribution in [3.63, 3.8) is 0 Å². The molecule has 0 aliphatic rings. The highest BCUT2D eigenvalue weighted by molar-refractivity contribution is 5.74. The van der Waals surface area contributed by atoms with Gasteiger partial charge in [-0.15, -0.1) is 0 Å². The van der Waals surface area contributed by atoms with Crippen molar-refractivity contribution in [2.24, 2.45) is 0 Å². The summed E-state index contributed by atoms with van der Waals surface area (Å²) in [6, 6.07) is 19.9. The van der Waals surface area contributed by atoms with E-state index in [9.17, 15) is 5.11 Å². The smallest absolute Gasteiger partial charge is 0.167 e. The summed E-state index contributed by atoms with van der Waals surface area (Å²) in [5, 5.41) is 10.8.